The van der Waals surface area contributed by atoms with Crippen molar-refractivity contribution in [1.82, 2.24) is 4.98 Å². The maximum absolute atomic E-state index is 4.51. The molecule has 0 unspecified atom stereocenters. The van der Waals surface area contributed by atoms with E-state index in [2.05, 4.69) is 55.8 Å². The predicted molar refractivity (Wildman–Crippen MR) is 99.9 cm³/mol. The van der Waals surface area contributed by atoms with E-state index in [0.29, 0.717) is 0 Å². The van der Waals surface area contributed by atoms with Crippen molar-refractivity contribution in [3.8, 4) is 0 Å². The van der Waals surface area contributed by atoms with Crippen molar-refractivity contribution < 1.29 is 51.4 Å². The van der Waals surface area contributed by atoms with Gasteiger partial charge in [-0.05, 0) is 24.3 Å². The standard InChI is InChI=1S/C13H14N.C3H6.2C2H6.K/c1-3-4-7-11-10(2)14-13-9-6-5-8-12(11)13;1-3-2;2*1-2;/h4-9H,3H2,1-2H3;3H,1H2,2H3;2*1-2H3;/q-1;;;;+1/b7-4-;;;;. The molecule has 2 rings (SSSR count). The topological polar surface area (TPSA) is 14.1 Å². The van der Waals surface area contributed by atoms with Crippen LogP contribution in [0.15, 0.2) is 43.0 Å². The summed E-state index contributed by atoms with van der Waals surface area (Å²) in [7, 11) is 0. The number of allylic oxidation sites excluding steroid dienone is 2. The van der Waals surface area contributed by atoms with Gasteiger partial charge in [-0.2, -0.15) is 5.69 Å². The number of aryl methyl sites for hydroxylation is 1. The van der Waals surface area contributed by atoms with Gasteiger partial charge >= 0.3 is 51.4 Å². The average Bonchev–Trinajstić information content (AvgIpc) is 2.85. The van der Waals surface area contributed by atoms with Gasteiger partial charge in [0.15, 0.2) is 0 Å². The van der Waals surface area contributed by atoms with Crippen LogP contribution in [0.3, 0.4) is 0 Å². The Labute approximate surface area is 180 Å². The fourth-order valence-corrected chi connectivity index (χ4v) is 1.68. The molecule has 0 fully saturated rings. The second-order valence-corrected chi connectivity index (χ2v) is 3.85. The van der Waals surface area contributed by atoms with Gasteiger partial charge in [-0.1, -0.05) is 84.0 Å². The molecule has 118 valence electrons. The molecule has 0 amide bonds. The summed E-state index contributed by atoms with van der Waals surface area (Å²) in [6, 6.07) is 8.28. The third-order valence-electron chi connectivity index (χ3n) is 2.39. The minimum atomic E-state index is 0. The van der Waals surface area contributed by atoms with E-state index in [0.717, 1.165) is 17.6 Å². The van der Waals surface area contributed by atoms with Crippen LogP contribution in [-0.2, 0) is 0 Å². The summed E-state index contributed by atoms with van der Waals surface area (Å²) in [6.07, 6.45) is 7.17. The maximum Gasteiger partial charge on any atom is 1.00 e. The molecule has 1 heterocycles. The number of aromatic nitrogens is 1. The van der Waals surface area contributed by atoms with Crippen LogP contribution in [0.25, 0.3) is 17.0 Å². The van der Waals surface area contributed by atoms with Crippen molar-refractivity contribution in [2.75, 3.05) is 0 Å². The summed E-state index contributed by atoms with van der Waals surface area (Å²) in [6.45, 7) is 17.5. The number of rotatable bonds is 2. The number of hydrogen-bond acceptors (Lipinski definition) is 0. The van der Waals surface area contributed by atoms with Gasteiger partial charge in [0, 0.05) is 0 Å². The van der Waals surface area contributed by atoms with Crippen LogP contribution in [0.5, 0.6) is 0 Å². The zero-order valence-electron chi connectivity index (χ0n) is 15.9. The van der Waals surface area contributed by atoms with E-state index >= 15 is 0 Å². The molecule has 1 aromatic heterocycles. The SMILES string of the molecule is C=CC.CC.CC.CC/C=C\c1c(C)[n-]c2ccccc12.[K+]. The molecule has 0 aliphatic rings. The molecule has 1 nitrogen and oxygen atoms in total. The quantitative estimate of drug-likeness (QED) is 0.605. The average molecular weight is 326 g/mol. The molecule has 0 atom stereocenters. The van der Waals surface area contributed by atoms with Crippen molar-refractivity contribution in [2.45, 2.75) is 54.9 Å². The Bertz CT molecular complexity index is 509. The number of nitrogens with zero attached hydrogens (tertiary/aromatic N) is 1. The first-order chi connectivity index (χ1) is 10.2. The van der Waals surface area contributed by atoms with Crippen molar-refractivity contribution in [3.63, 3.8) is 0 Å². The van der Waals surface area contributed by atoms with E-state index in [1.165, 1.54) is 10.9 Å². The molecule has 0 aliphatic carbocycles. The fraction of sp³-hybridized carbons (Fsp3) is 0.400. The molecule has 2 aromatic rings. The van der Waals surface area contributed by atoms with Crippen molar-refractivity contribution in [3.05, 3.63) is 54.3 Å². The van der Waals surface area contributed by atoms with Gasteiger partial charge in [0.1, 0.15) is 0 Å². The van der Waals surface area contributed by atoms with Gasteiger partial charge in [-0.25, -0.2) is 0 Å². The van der Waals surface area contributed by atoms with E-state index in [1.807, 2.05) is 40.7 Å². The maximum atomic E-state index is 4.51. The van der Waals surface area contributed by atoms with E-state index in [1.54, 1.807) is 6.08 Å². The van der Waals surface area contributed by atoms with Crippen molar-refractivity contribution in [1.29, 1.82) is 0 Å². The first kappa shape index (κ1) is 26.8. The second kappa shape index (κ2) is 18.9. The number of fused-ring (bicyclic) bond motifs is 1. The van der Waals surface area contributed by atoms with Crippen LogP contribution in [0.1, 0.15) is 59.2 Å². The van der Waals surface area contributed by atoms with Gasteiger partial charge in [-0.3, -0.25) is 0 Å². The molecular weight excluding hydrogens is 293 g/mol. The molecule has 1 aromatic carbocycles. The third kappa shape index (κ3) is 9.80. The van der Waals surface area contributed by atoms with Crippen LogP contribution in [0, 0.1) is 6.92 Å². The Balaban J connectivity index is -0.000000395. The van der Waals surface area contributed by atoms with Gasteiger partial charge < -0.3 is 4.98 Å². The van der Waals surface area contributed by atoms with Crippen LogP contribution >= 0.6 is 0 Å². The van der Waals surface area contributed by atoms with E-state index in [-0.39, 0.29) is 51.4 Å². The van der Waals surface area contributed by atoms with Gasteiger partial charge in [0.25, 0.3) is 0 Å². The van der Waals surface area contributed by atoms with Crippen LogP contribution in [0.2, 0.25) is 0 Å². The van der Waals surface area contributed by atoms with Gasteiger partial charge in [0.05, 0.1) is 0 Å². The molecule has 0 saturated heterocycles. The first-order valence-electron chi connectivity index (χ1n) is 8.00. The summed E-state index contributed by atoms with van der Waals surface area (Å²) in [5.74, 6) is 0. The summed E-state index contributed by atoms with van der Waals surface area (Å²) in [4.78, 5) is 4.51. The van der Waals surface area contributed by atoms with Crippen LogP contribution < -0.4 is 56.4 Å². The molecule has 0 spiro atoms. The third-order valence-corrected chi connectivity index (χ3v) is 2.39. The first-order valence-corrected chi connectivity index (χ1v) is 8.00. The van der Waals surface area contributed by atoms with Gasteiger partial charge in [-0.15, -0.1) is 12.1 Å². The van der Waals surface area contributed by atoms with Crippen LogP contribution in [-0.4, -0.2) is 0 Å². The molecule has 0 bridgehead atoms. The zero-order valence-corrected chi connectivity index (χ0v) is 19.0. The zero-order chi connectivity index (χ0) is 16.7. The van der Waals surface area contributed by atoms with Crippen molar-refractivity contribution in [2.24, 2.45) is 0 Å². The normalized spacial score (nSPS) is 8.50. The molecule has 0 N–H and O–H groups in total. The Hall–Kier alpha value is -0.124. The molecule has 2 heteroatoms. The molecule has 0 radical (unpaired) electrons. The minimum absolute atomic E-state index is 0. The Morgan fingerprint density at radius 3 is 2.09 bits per heavy atom. The Morgan fingerprint density at radius 2 is 1.59 bits per heavy atom. The minimum Gasteiger partial charge on any atom is -0.661 e. The molecule has 22 heavy (non-hydrogen) atoms. The largest absolute Gasteiger partial charge is 1.00 e. The summed E-state index contributed by atoms with van der Waals surface area (Å²) in [5, 5.41) is 1.26. The summed E-state index contributed by atoms with van der Waals surface area (Å²) < 4.78 is 0. The van der Waals surface area contributed by atoms with E-state index in [4.69, 9.17) is 0 Å². The molecule has 0 aliphatic heterocycles. The number of para-hydroxylation sites is 1. The number of hydrogen-bond donors (Lipinski definition) is 0. The molecule has 0 saturated carbocycles. The van der Waals surface area contributed by atoms with Crippen LogP contribution in [0.4, 0.5) is 0 Å². The Morgan fingerprint density at radius 1 is 1.09 bits per heavy atom. The van der Waals surface area contributed by atoms with Gasteiger partial charge in [0.2, 0.25) is 0 Å². The monoisotopic (exact) mass is 325 g/mol. The number of benzene rings is 1. The van der Waals surface area contributed by atoms with Crippen molar-refractivity contribution >= 4 is 17.0 Å². The smallest absolute Gasteiger partial charge is 0.661 e. The van der Waals surface area contributed by atoms with E-state index < -0.39 is 0 Å². The predicted octanol–water partition coefficient (Wildman–Crippen LogP) is 3.78. The van der Waals surface area contributed by atoms with E-state index in [9.17, 15) is 0 Å². The molecular formula is C20H32KN. The Kier molecular flexibility index (Phi) is 23.0. The summed E-state index contributed by atoms with van der Waals surface area (Å²) >= 11 is 0. The fourth-order valence-electron chi connectivity index (χ4n) is 1.68. The second-order valence-electron chi connectivity index (χ2n) is 3.85. The summed E-state index contributed by atoms with van der Waals surface area (Å²) in [5.41, 5.74) is 3.49.